The number of carbonyl (C=O) groups is 1. The lowest BCUT2D eigenvalue weighted by molar-refractivity contribution is 0.0482. The molecule has 0 aliphatic carbocycles. The Morgan fingerprint density at radius 1 is 1.30 bits per heavy atom. The second-order valence-corrected chi connectivity index (χ2v) is 6.32. The summed E-state index contributed by atoms with van der Waals surface area (Å²) in [6.45, 7) is 3.65. The molecule has 0 N–H and O–H groups in total. The van der Waals surface area contributed by atoms with Gasteiger partial charge in [-0.15, -0.1) is 0 Å². The lowest BCUT2D eigenvalue weighted by atomic mass is 10.2. The van der Waals surface area contributed by atoms with E-state index in [1.165, 1.54) is 6.33 Å². The molecule has 1 aliphatic rings. The predicted molar refractivity (Wildman–Crippen MR) is 99.0 cm³/mol. The first-order valence-corrected chi connectivity index (χ1v) is 9.07. The molecule has 1 aliphatic heterocycles. The summed E-state index contributed by atoms with van der Waals surface area (Å²) in [5, 5.41) is 4.25. The molecule has 0 amide bonds. The first kappa shape index (κ1) is 17.3. The van der Waals surface area contributed by atoms with Crippen molar-refractivity contribution >= 4 is 17.6 Å². The average molecular weight is 367 g/mol. The molecule has 0 saturated carbocycles. The number of aromatic nitrogens is 4. The first-order chi connectivity index (χ1) is 13.3. The highest BCUT2D eigenvalue weighted by molar-refractivity contribution is 5.89. The molecule has 3 aromatic rings. The maximum Gasteiger partial charge on any atom is 0.338 e. The summed E-state index contributed by atoms with van der Waals surface area (Å²) in [6.07, 6.45) is 5.19. The molecule has 1 unspecified atom stereocenters. The minimum Gasteiger partial charge on any atom is -0.494 e. The van der Waals surface area contributed by atoms with Gasteiger partial charge in [0.15, 0.2) is 0 Å². The molecule has 2 aromatic heterocycles. The van der Waals surface area contributed by atoms with Gasteiger partial charge in [0.1, 0.15) is 24.5 Å². The molecule has 1 atom stereocenters. The van der Waals surface area contributed by atoms with Crippen molar-refractivity contribution in [2.45, 2.75) is 25.8 Å². The molecule has 27 heavy (non-hydrogen) atoms. The van der Waals surface area contributed by atoms with Gasteiger partial charge in [-0.3, -0.25) is 0 Å². The van der Waals surface area contributed by atoms with E-state index in [-0.39, 0.29) is 12.0 Å². The largest absolute Gasteiger partial charge is 0.494 e. The van der Waals surface area contributed by atoms with Crippen molar-refractivity contribution in [3.8, 4) is 5.75 Å². The smallest absolute Gasteiger partial charge is 0.338 e. The van der Waals surface area contributed by atoms with Crippen molar-refractivity contribution in [2.24, 2.45) is 0 Å². The first-order valence-electron chi connectivity index (χ1n) is 9.07. The molecule has 1 aromatic carbocycles. The topological polar surface area (TPSA) is 81.9 Å². The Bertz CT molecular complexity index is 942. The summed E-state index contributed by atoms with van der Waals surface area (Å²) >= 11 is 0. The fourth-order valence-electron chi connectivity index (χ4n) is 3.39. The highest BCUT2D eigenvalue weighted by atomic mass is 16.5. The zero-order chi connectivity index (χ0) is 18.6. The van der Waals surface area contributed by atoms with E-state index in [9.17, 15) is 4.79 Å². The van der Waals surface area contributed by atoms with Crippen molar-refractivity contribution in [1.82, 2.24) is 19.6 Å². The zero-order valence-electron chi connectivity index (χ0n) is 15.1. The Morgan fingerprint density at radius 3 is 3.11 bits per heavy atom. The van der Waals surface area contributed by atoms with Crippen LogP contribution in [0.3, 0.4) is 0 Å². The summed E-state index contributed by atoms with van der Waals surface area (Å²) in [5.74, 6) is 1.79. The van der Waals surface area contributed by atoms with Gasteiger partial charge in [-0.25, -0.2) is 9.78 Å². The third-order valence-electron chi connectivity index (χ3n) is 4.62. The summed E-state index contributed by atoms with van der Waals surface area (Å²) in [4.78, 5) is 23.0. The van der Waals surface area contributed by atoms with Crippen LogP contribution < -0.4 is 9.64 Å². The van der Waals surface area contributed by atoms with Crippen molar-refractivity contribution in [2.75, 3.05) is 24.7 Å². The van der Waals surface area contributed by atoms with Crippen LogP contribution in [0.25, 0.3) is 5.78 Å². The van der Waals surface area contributed by atoms with E-state index in [1.807, 2.05) is 19.1 Å². The Labute approximate surface area is 156 Å². The molecule has 8 nitrogen and oxygen atoms in total. The van der Waals surface area contributed by atoms with Gasteiger partial charge in [0.05, 0.1) is 18.2 Å². The number of carbonyl (C=O) groups excluding carboxylic acids is 1. The maximum absolute atomic E-state index is 12.4. The van der Waals surface area contributed by atoms with E-state index in [0.29, 0.717) is 30.3 Å². The molecule has 140 valence electrons. The van der Waals surface area contributed by atoms with E-state index in [4.69, 9.17) is 9.47 Å². The minimum atomic E-state index is -0.343. The van der Waals surface area contributed by atoms with Crippen LogP contribution >= 0.6 is 0 Å². The normalized spacial score (nSPS) is 16.6. The van der Waals surface area contributed by atoms with Crippen LogP contribution in [0.5, 0.6) is 5.75 Å². The van der Waals surface area contributed by atoms with Crippen molar-refractivity contribution in [3.63, 3.8) is 0 Å². The monoisotopic (exact) mass is 367 g/mol. The van der Waals surface area contributed by atoms with Crippen molar-refractivity contribution < 1.29 is 14.3 Å². The van der Waals surface area contributed by atoms with Crippen molar-refractivity contribution in [3.05, 3.63) is 48.4 Å². The molecule has 3 heterocycles. The average Bonchev–Trinajstić information content (AvgIpc) is 3.35. The fraction of sp³-hybridized carbons (Fsp3) is 0.368. The molecule has 8 heteroatoms. The standard InChI is InChI=1S/C19H21N5O3/c1-2-26-16-7-3-5-14(11-16)18(25)27-12-15-6-4-10-23(15)17-8-9-20-19-21-13-22-24(17)19/h3,5,7-9,11,13,15H,2,4,6,10,12H2,1H3. The van der Waals surface area contributed by atoms with E-state index in [2.05, 4.69) is 20.0 Å². The van der Waals surface area contributed by atoms with Crippen LogP contribution in [0.15, 0.2) is 42.9 Å². The number of esters is 1. The van der Waals surface area contributed by atoms with Gasteiger partial charge in [0.2, 0.25) is 0 Å². The Hall–Kier alpha value is -3.16. The Kier molecular flexibility index (Phi) is 4.86. The highest BCUT2D eigenvalue weighted by Gasteiger charge is 2.28. The molecule has 1 saturated heterocycles. The SMILES string of the molecule is CCOc1cccc(C(=O)OCC2CCCN2c2ccnc3ncnn23)c1. The van der Waals surface area contributed by atoms with Crippen LogP contribution in [0.2, 0.25) is 0 Å². The lowest BCUT2D eigenvalue weighted by Crippen LogP contribution is -2.35. The lowest BCUT2D eigenvalue weighted by Gasteiger charge is -2.26. The van der Waals surface area contributed by atoms with Gasteiger partial charge in [-0.2, -0.15) is 14.6 Å². The number of anilines is 1. The number of hydrogen-bond acceptors (Lipinski definition) is 7. The number of nitrogens with zero attached hydrogens (tertiary/aromatic N) is 5. The maximum atomic E-state index is 12.4. The van der Waals surface area contributed by atoms with Crippen LogP contribution in [0, 0.1) is 0 Å². The molecule has 1 fully saturated rings. The van der Waals surface area contributed by atoms with E-state index in [0.717, 1.165) is 25.2 Å². The van der Waals surface area contributed by atoms with Crippen LogP contribution in [0.1, 0.15) is 30.1 Å². The predicted octanol–water partition coefficient (Wildman–Crippen LogP) is 2.35. The molecule has 4 rings (SSSR count). The fourth-order valence-corrected chi connectivity index (χ4v) is 3.39. The quantitative estimate of drug-likeness (QED) is 0.619. The number of fused-ring (bicyclic) bond motifs is 1. The van der Waals surface area contributed by atoms with Gasteiger partial charge in [0, 0.05) is 12.7 Å². The van der Waals surface area contributed by atoms with Gasteiger partial charge >= 0.3 is 5.97 Å². The summed E-state index contributed by atoms with van der Waals surface area (Å²) in [5.41, 5.74) is 0.494. The third-order valence-corrected chi connectivity index (χ3v) is 4.62. The second kappa shape index (κ2) is 7.61. The second-order valence-electron chi connectivity index (χ2n) is 6.32. The number of hydrogen-bond donors (Lipinski definition) is 0. The molecular weight excluding hydrogens is 346 g/mol. The highest BCUT2D eigenvalue weighted by Crippen LogP contribution is 2.25. The summed E-state index contributed by atoms with van der Waals surface area (Å²) in [6, 6.07) is 9.07. The van der Waals surface area contributed by atoms with Crippen LogP contribution in [0.4, 0.5) is 5.82 Å². The van der Waals surface area contributed by atoms with Gasteiger partial charge in [-0.1, -0.05) is 6.07 Å². The Morgan fingerprint density at radius 2 is 2.22 bits per heavy atom. The number of ether oxygens (including phenoxy) is 2. The van der Waals surface area contributed by atoms with Gasteiger partial charge < -0.3 is 14.4 Å². The van der Waals surface area contributed by atoms with Gasteiger partial charge in [-0.05, 0) is 44.0 Å². The van der Waals surface area contributed by atoms with Crippen LogP contribution in [-0.4, -0.2) is 51.4 Å². The molecule has 0 bridgehead atoms. The van der Waals surface area contributed by atoms with E-state index >= 15 is 0 Å². The van der Waals surface area contributed by atoms with E-state index in [1.54, 1.807) is 28.9 Å². The molecule has 0 spiro atoms. The van der Waals surface area contributed by atoms with E-state index < -0.39 is 0 Å². The number of rotatable bonds is 6. The summed E-state index contributed by atoms with van der Waals surface area (Å²) < 4.78 is 12.8. The number of benzene rings is 1. The summed E-state index contributed by atoms with van der Waals surface area (Å²) in [7, 11) is 0. The van der Waals surface area contributed by atoms with Crippen molar-refractivity contribution in [1.29, 1.82) is 0 Å². The Balaban J connectivity index is 1.45. The van der Waals surface area contributed by atoms with Gasteiger partial charge in [0.25, 0.3) is 5.78 Å². The minimum absolute atomic E-state index is 0.0961. The molecular formula is C19H21N5O3. The third kappa shape index (κ3) is 3.55. The molecule has 0 radical (unpaired) electrons. The zero-order valence-corrected chi connectivity index (χ0v) is 15.1. The van der Waals surface area contributed by atoms with Crippen LogP contribution in [-0.2, 0) is 4.74 Å².